The van der Waals surface area contributed by atoms with Crippen molar-refractivity contribution in [1.82, 2.24) is 9.80 Å². The van der Waals surface area contributed by atoms with Gasteiger partial charge in [-0.1, -0.05) is 0 Å². The van der Waals surface area contributed by atoms with E-state index in [0.717, 1.165) is 6.54 Å². The minimum absolute atomic E-state index is 0.0639. The van der Waals surface area contributed by atoms with Crippen LogP contribution in [-0.4, -0.2) is 67.2 Å². The topological polar surface area (TPSA) is 26.7 Å². The first-order valence-electron chi connectivity index (χ1n) is 4.84. The van der Waals surface area contributed by atoms with E-state index in [2.05, 4.69) is 0 Å². The summed E-state index contributed by atoms with van der Waals surface area (Å²) in [4.78, 5) is 3.64. The number of aliphatic hydroxyl groups is 1. The SMILES string of the molecule is CN(C)CC1CC(O)CN1CC(F)F. The summed E-state index contributed by atoms with van der Waals surface area (Å²) in [7, 11) is 3.82. The van der Waals surface area contributed by atoms with Crippen molar-refractivity contribution in [2.24, 2.45) is 0 Å². The number of likely N-dealkylation sites (tertiary alicyclic amines) is 1. The molecule has 1 aliphatic heterocycles. The van der Waals surface area contributed by atoms with E-state index in [1.807, 2.05) is 19.0 Å². The quantitative estimate of drug-likeness (QED) is 0.717. The highest BCUT2D eigenvalue weighted by atomic mass is 19.3. The van der Waals surface area contributed by atoms with Crippen LogP contribution in [0.1, 0.15) is 6.42 Å². The van der Waals surface area contributed by atoms with Gasteiger partial charge in [-0.2, -0.15) is 0 Å². The predicted molar refractivity (Wildman–Crippen MR) is 50.5 cm³/mol. The highest BCUT2D eigenvalue weighted by Gasteiger charge is 2.32. The highest BCUT2D eigenvalue weighted by molar-refractivity contribution is 4.86. The molecule has 14 heavy (non-hydrogen) atoms. The van der Waals surface area contributed by atoms with Crippen LogP contribution in [0.3, 0.4) is 0 Å². The lowest BCUT2D eigenvalue weighted by molar-refractivity contribution is 0.0718. The lowest BCUT2D eigenvalue weighted by atomic mass is 10.2. The van der Waals surface area contributed by atoms with Crippen LogP contribution < -0.4 is 0 Å². The van der Waals surface area contributed by atoms with Gasteiger partial charge in [-0.25, -0.2) is 8.78 Å². The van der Waals surface area contributed by atoms with Crippen molar-refractivity contribution in [3.8, 4) is 0 Å². The summed E-state index contributed by atoms with van der Waals surface area (Å²) in [5.74, 6) is 0. The molecule has 5 heteroatoms. The Balaban J connectivity index is 2.45. The van der Waals surface area contributed by atoms with E-state index in [1.54, 1.807) is 4.90 Å². The van der Waals surface area contributed by atoms with Crippen LogP contribution in [0.2, 0.25) is 0 Å². The van der Waals surface area contributed by atoms with E-state index in [0.29, 0.717) is 13.0 Å². The molecule has 2 atom stereocenters. The third-order valence-electron chi connectivity index (χ3n) is 2.45. The Hall–Kier alpha value is -0.260. The standard InChI is InChI=1S/C9H18F2N2O/c1-12(2)4-7-3-8(14)5-13(7)6-9(10)11/h7-9,14H,3-6H2,1-2H3. The van der Waals surface area contributed by atoms with Crippen molar-refractivity contribution >= 4 is 0 Å². The van der Waals surface area contributed by atoms with Crippen molar-refractivity contribution < 1.29 is 13.9 Å². The molecular formula is C9H18F2N2O. The Morgan fingerprint density at radius 1 is 1.50 bits per heavy atom. The molecule has 0 aromatic rings. The van der Waals surface area contributed by atoms with Crippen molar-refractivity contribution in [2.75, 3.05) is 33.7 Å². The van der Waals surface area contributed by atoms with Crippen molar-refractivity contribution in [2.45, 2.75) is 25.0 Å². The molecule has 1 rings (SSSR count). The number of rotatable bonds is 4. The van der Waals surface area contributed by atoms with Gasteiger partial charge in [0.1, 0.15) is 0 Å². The molecule has 1 N–H and O–H groups in total. The Bertz CT molecular complexity index is 160. The molecule has 2 unspecified atom stereocenters. The number of alkyl halides is 2. The van der Waals surface area contributed by atoms with E-state index in [9.17, 15) is 13.9 Å². The Kier molecular flexibility index (Phi) is 4.22. The van der Waals surface area contributed by atoms with Gasteiger partial charge in [0.05, 0.1) is 12.6 Å². The van der Waals surface area contributed by atoms with Gasteiger partial charge in [-0.15, -0.1) is 0 Å². The maximum absolute atomic E-state index is 12.2. The summed E-state index contributed by atoms with van der Waals surface area (Å²) >= 11 is 0. The fraction of sp³-hybridized carbons (Fsp3) is 1.00. The van der Waals surface area contributed by atoms with E-state index in [1.165, 1.54) is 0 Å². The molecule has 1 saturated heterocycles. The molecule has 1 fully saturated rings. The molecule has 0 aliphatic carbocycles. The minimum Gasteiger partial charge on any atom is -0.392 e. The normalized spacial score (nSPS) is 29.4. The van der Waals surface area contributed by atoms with Gasteiger partial charge in [-0.05, 0) is 20.5 Å². The van der Waals surface area contributed by atoms with Crippen LogP contribution in [0.25, 0.3) is 0 Å². The second-order valence-corrected chi connectivity index (χ2v) is 4.15. The fourth-order valence-electron chi connectivity index (χ4n) is 1.97. The van der Waals surface area contributed by atoms with E-state index >= 15 is 0 Å². The molecule has 84 valence electrons. The van der Waals surface area contributed by atoms with E-state index < -0.39 is 12.5 Å². The number of aliphatic hydroxyl groups excluding tert-OH is 1. The zero-order valence-electron chi connectivity index (χ0n) is 8.66. The van der Waals surface area contributed by atoms with Gasteiger partial charge < -0.3 is 10.0 Å². The Morgan fingerprint density at radius 2 is 2.14 bits per heavy atom. The van der Waals surface area contributed by atoms with Crippen LogP contribution in [0.5, 0.6) is 0 Å². The third-order valence-corrected chi connectivity index (χ3v) is 2.45. The number of hydrogen-bond acceptors (Lipinski definition) is 3. The van der Waals surface area contributed by atoms with Gasteiger partial charge in [0, 0.05) is 19.1 Å². The molecule has 0 bridgehead atoms. The lowest BCUT2D eigenvalue weighted by Gasteiger charge is -2.26. The van der Waals surface area contributed by atoms with Gasteiger partial charge in [0.15, 0.2) is 0 Å². The monoisotopic (exact) mass is 208 g/mol. The van der Waals surface area contributed by atoms with Crippen LogP contribution in [-0.2, 0) is 0 Å². The first-order valence-corrected chi connectivity index (χ1v) is 4.84. The maximum Gasteiger partial charge on any atom is 0.251 e. The van der Waals surface area contributed by atoms with Crippen LogP contribution in [0.15, 0.2) is 0 Å². The molecular weight excluding hydrogens is 190 g/mol. The van der Waals surface area contributed by atoms with Gasteiger partial charge >= 0.3 is 0 Å². The average Bonchev–Trinajstić information content (AvgIpc) is 2.28. The predicted octanol–water partition coefficient (Wildman–Crippen LogP) is 0.248. The molecule has 0 amide bonds. The number of nitrogens with zero attached hydrogens (tertiary/aromatic N) is 2. The number of halogens is 2. The molecule has 3 nitrogen and oxygen atoms in total. The van der Waals surface area contributed by atoms with Crippen molar-refractivity contribution in [1.29, 1.82) is 0 Å². The lowest BCUT2D eigenvalue weighted by Crippen LogP contribution is -2.40. The molecule has 0 aromatic heterocycles. The molecule has 1 aliphatic rings. The Labute approximate surface area is 83.3 Å². The number of hydrogen-bond donors (Lipinski definition) is 1. The Morgan fingerprint density at radius 3 is 2.64 bits per heavy atom. The maximum atomic E-state index is 12.2. The molecule has 1 heterocycles. The fourth-order valence-corrected chi connectivity index (χ4v) is 1.97. The third kappa shape index (κ3) is 3.48. The highest BCUT2D eigenvalue weighted by Crippen LogP contribution is 2.19. The molecule has 0 spiro atoms. The van der Waals surface area contributed by atoms with Crippen LogP contribution in [0, 0.1) is 0 Å². The summed E-state index contributed by atoms with van der Waals surface area (Å²) < 4.78 is 24.4. The van der Waals surface area contributed by atoms with E-state index in [4.69, 9.17) is 0 Å². The molecule has 0 saturated carbocycles. The minimum atomic E-state index is -2.31. The summed E-state index contributed by atoms with van der Waals surface area (Å²) in [5, 5.41) is 9.39. The van der Waals surface area contributed by atoms with Crippen LogP contribution in [0.4, 0.5) is 8.78 Å². The number of likely N-dealkylation sites (N-methyl/N-ethyl adjacent to an activating group) is 1. The van der Waals surface area contributed by atoms with Gasteiger partial charge in [0.2, 0.25) is 0 Å². The molecule has 0 radical (unpaired) electrons. The largest absolute Gasteiger partial charge is 0.392 e. The number of β-amino-alcohol motifs (C(OH)–C–C–N with tert-alkyl or cyclic N) is 1. The zero-order valence-corrected chi connectivity index (χ0v) is 8.66. The summed E-state index contributed by atoms with van der Waals surface area (Å²) in [6.45, 7) is 0.877. The smallest absolute Gasteiger partial charge is 0.251 e. The van der Waals surface area contributed by atoms with E-state index in [-0.39, 0.29) is 12.6 Å². The first-order chi connectivity index (χ1) is 6.49. The van der Waals surface area contributed by atoms with Crippen LogP contribution >= 0.6 is 0 Å². The van der Waals surface area contributed by atoms with Gasteiger partial charge in [-0.3, -0.25) is 4.90 Å². The second kappa shape index (κ2) is 5.00. The van der Waals surface area contributed by atoms with Gasteiger partial charge in [0.25, 0.3) is 6.43 Å². The average molecular weight is 208 g/mol. The van der Waals surface area contributed by atoms with Crippen molar-refractivity contribution in [3.05, 3.63) is 0 Å². The van der Waals surface area contributed by atoms with Crippen molar-refractivity contribution in [3.63, 3.8) is 0 Å². The summed E-state index contributed by atoms with van der Waals surface area (Å²) in [6.07, 6.45) is -2.16. The second-order valence-electron chi connectivity index (χ2n) is 4.15. The first kappa shape index (κ1) is 11.8. The molecule has 0 aromatic carbocycles. The summed E-state index contributed by atoms with van der Waals surface area (Å²) in [5.41, 5.74) is 0. The summed E-state index contributed by atoms with van der Waals surface area (Å²) in [6, 6.07) is 0.0639. The zero-order chi connectivity index (χ0) is 10.7.